The van der Waals surface area contributed by atoms with Crippen LogP contribution in [0.1, 0.15) is 46.3 Å². The minimum atomic E-state index is -0.887. The molecule has 0 radical (unpaired) electrons. The van der Waals surface area contributed by atoms with Crippen LogP contribution in [-0.4, -0.2) is 23.3 Å². The summed E-state index contributed by atoms with van der Waals surface area (Å²) in [5.74, 6) is -0.513. The van der Waals surface area contributed by atoms with Gasteiger partial charge in [-0.05, 0) is 65.1 Å². The van der Waals surface area contributed by atoms with E-state index < -0.39 is 5.97 Å². The monoisotopic (exact) mass is 414 g/mol. The molecule has 2 aromatic carbocycles. The van der Waals surface area contributed by atoms with Crippen LogP contribution in [0.25, 0.3) is 0 Å². The molecule has 160 valence electrons. The van der Waals surface area contributed by atoms with Gasteiger partial charge in [-0.1, -0.05) is 80.3 Å². The lowest BCUT2D eigenvalue weighted by Crippen LogP contribution is -2.30. The molecule has 2 N–H and O–H groups in total. The average molecular weight is 415 g/mol. The van der Waals surface area contributed by atoms with Crippen molar-refractivity contribution in [3.8, 4) is 0 Å². The van der Waals surface area contributed by atoms with Crippen LogP contribution in [0.2, 0.25) is 0 Å². The number of aliphatic hydroxyl groups excluding tert-OH is 1. The number of hydrogen-bond donors (Lipinski definition) is 2. The minimum Gasteiger partial charge on any atom is -0.478 e. The molecule has 0 aromatic heterocycles. The lowest BCUT2D eigenvalue weighted by atomic mass is 9.66. The molecule has 0 amide bonds. The molecule has 0 bridgehead atoms. The van der Waals surface area contributed by atoms with Crippen molar-refractivity contribution in [1.82, 2.24) is 0 Å². The summed E-state index contributed by atoms with van der Waals surface area (Å²) in [5.41, 5.74) is 8.12. The van der Waals surface area contributed by atoms with Crippen LogP contribution < -0.4 is 0 Å². The molecule has 2 aliphatic carbocycles. The van der Waals surface area contributed by atoms with Crippen LogP contribution in [0, 0.1) is 5.41 Å². The zero-order chi connectivity index (χ0) is 22.6. The first-order valence-electron chi connectivity index (χ1n) is 10.5. The van der Waals surface area contributed by atoms with Gasteiger partial charge in [0, 0.05) is 12.5 Å². The number of aromatic carboxylic acids is 1. The molecule has 0 heterocycles. The average Bonchev–Trinajstić information content (AvgIpc) is 3.35. The first kappa shape index (κ1) is 22.5. The standard InChI is InChI=1S/C27H26O2.CH4O/c1-4-20-14-24(15-21(20)5-2)27(16-19-10-12-22(13-11-19)26(28)29)17-23-8-6-7-9-25(23)18(27)3;1-2/h4-14,18H,1-2,15-17H2,3H3,(H,28,29);2H,1H3. The summed E-state index contributed by atoms with van der Waals surface area (Å²) in [7, 11) is 1.00. The van der Waals surface area contributed by atoms with Crippen molar-refractivity contribution in [2.45, 2.75) is 32.1 Å². The number of fused-ring (bicyclic) bond motifs is 1. The van der Waals surface area contributed by atoms with Crippen LogP contribution in [-0.2, 0) is 12.8 Å². The summed E-state index contributed by atoms with van der Waals surface area (Å²) in [4.78, 5) is 11.2. The van der Waals surface area contributed by atoms with Crippen LogP contribution in [0.5, 0.6) is 0 Å². The molecule has 0 aliphatic heterocycles. The lowest BCUT2D eigenvalue weighted by Gasteiger charge is -2.37. The van der Waals surface area contributed by atoms with Crippen molar-refractivity contribution in [1.29, 1.82) is 0 Å². The Morgan fingerprint density at radius 2 is 1.77 bits per heavy atom. The molecule has 2 unspecified atom stereocenters. The highest BCUT2D eigenvalue weighted by Crippen LogP contribution is 2.56. The first-order chi connectivity index (χ1) is 15.0. The second-order valence-corrected chi connectivity index (χ2v) is 8.17. The summed E-state index contributed by atoms with van der Waals surface area (Å²) in [6.45, 7) is 10.3. The van der Waals surface area contributed by atoms with E-state index in [0.717, 1.165) is 26.4 Å². The third-order valence-corrected chi connectivity index (χ3v) is 6.76. The number of carbonyl (C=O) groups is 1. The fourth-order valence-electron chi connectivity index (χ4n) is 5.10. The van der Waals surface area contributed by atoms with E-state index in [-0.39, 0.29) is 5.41 Å². The summed E-state index contributed by atoms with van der Waals surface area (Å²) in [6.07, 6.45) is 8.94. The second-order valence-electron chi connectivity index (χ2n) is 8.17. The van der Waals surface area contributed by atoms with E-state index in [4.69, 9.17) is 5.11 Å². The van der Waals surface area contributed by atoms with Gasteiger partial charge in [0.25, 0.3) is 0 Å². The Morgan fingerprint density at radius 3 is 2.32 bits per heavy atom. The van der Waals surface area contributed by atoms with Crippen LogP contribution in [0.3, 0.4) is 0 Å². The zero-order valence-electron chi connectivity index (χ0n) is 18.3. The highest BCUT2D eigenvalue weighted by Gasteiger charge is 2.46. The molecule has 0 fully saturated rings. The third-order valence-electron chi connectivity index (χ3n) is 6.76. The van der Waals surface area contributed by atoms with Gasteiger partial charge in [0.2, 0.25) is 0 Å². The predicted molar refractivity (Wildman–Crippen MR) is 126 cm³/mol. The lowest BCUT2D eigenvalue weighted by molar-refractivity contribution is 0.0697. The fourth-order valence-corrected chi connectivity index (χ4v) is 5.10. The largest absolute Gasteiger partial charge is 0.478 e. The van der Waals surface area contributed by atoms with Gasteiger partial charge >= 0.3 is 5.97 Å². The molecule has 2 atom stereocenters. The topological polar surface area (TPSA) is 57.5 Å². The van der Waals surface area contributed by atoms with E-state index in [2.05, 4.69) is 50.4 Å². The van der Waals surface area contributed by atoms with Gasteiger partial charge in [0.15, 0.2) is 0 Å². The van der Waals surface area contributed by atoms with Gasteiger partial charge in [-0.2, -0.15) is 0 Å². The van der Waals surface area contributed by atoms with Gasteiger partial charge in [0.1, 0.15) is 0 Å². The number of allylic oxidation sites excluding steroid dienone is 6. The number of carboxylic acids is 1. The van der Waals surface area contributed by atoms with Gasteiger partial charge in [-0.15, -0.1) is 0 Å². The highest BCUT2D eigenvalue weighted by atomic mass is 16.4. The van der Waals surface area contributed by atoms with E-state index in [1.807, 2.05) is 24.3 Å². The molecule has 31 heavy (non-hydrogen) atoms. The maximum atomic E-state index is 11.2. The van der Waals surface area contributed by atoms with Crippen molar-refractivity contribution in [2.24, 2.45) is 5.41 Å². The third kappa shape index (κ3) is 4.06. The van der Waals surface area contributed by atoms with Gasteiger partial charge < -0.3 is 10.2 Å². The van der Waals surface area contributed by atoms with Crippen molar-refractivity contribution < 1.29 is 15.0 Å². The Hall–Kier alpha value is -3.17. The SMILES string of the molecule is C=CC1=C(C=C)CC(C2(Cc3ccc(C(=O)O)cc3)Cc3ccccc3C2C)=C1.CO. The van der Waals surface area contributed by atoms with E-state index in [1.165, 1.54) is 33.4 Å². The fraction of sp³-hybridized carbons (Fsp3) is 0.250. The number of benzene rings is 2. The molecule has 0 spiro atoms. The van der Waals surface area contributed by atoms with E-state index in [1.54, 1.807) is 12.1 Å². The van der Waals surface area contributed by atoms with E-state index in [9.17, 15) is 9.90 Å². The van der Waals surface area contributed by atoms with Crippen LogP contribution in [0.4, 0.5) is 0 Å². The Morgan fingerprint density at radius 1 is 1.10 bits per heavy atom. The highest BCUT2D eigenvalue weighted by molar-refractivity contribution is 5.87. The van der Waals surface area contributed by atoms with Crippen LogP contribution in [0.15, 0.2) is 96.6 Å². The Bertz CT molecular complexity index is 1060. The minimum absolute atomic E-state index is 0.0343. The molecule has 0 saturated carbocycles. The normalized spacial score (nSPS) is 21.6. The molecular formula is C28H30O3. The van der Waals surface area contributed by atoms with Gasteiger partial charge in [0.05, 0.1) is 5.56 Å². The van der Waals surface area contributed by atoms with Crippen molar-refractivity contribution >= 4 is 5.97 Å². The van der Waals surface area contributed by atoms with E-state index in [0.29, 0.717) is 11.5 Å². The Kier molecular flexibility index (Phi) is 6.77. The molecular weight excluding hydrogens is 384 g/mol. The van der Waals surface area contributed by atoms with Crippen LogP contribution >= 0.6 is 0 Å². The smallest absolute Gasteiger partial charge is 0.335 e. The Balaban J connectivity index is 0.00000132. The van der Waals surface area contributed by atoms with Gasteiger partial charge in [-0.3, -0.25) is 0 Å². The predicted octanol–water partition coefficient (Wildman–Crippen LogP) is 5.88. The number of rotatable bonds is 6. The molecule has 2 aliphatic rings. The Labute approximate surface area is 184 Å². The molecule has 0 saturated heterocycles. The molecule has 2 aromatic rings. The summed E-state index contributed by atoms with van der Waals surface area (Å²) in [5, 5.41) is 16.2. The number of aliphatic hydroxyl groups is 1. The summed E-state index contributed by atoms with van der Waals surface area (Å²) < 4.78 is 0. The summed E-state index contributed by atoms with van der Waals surface area (Å²) >= 11 is 0. The number of carboxylic acid groups (broad SMARTS) is 1. The zero-order valence-corrected chi connectivity index (χ0v) is 18.3. The van der Waals surface area contributed by atoms with Gasteiger partial charge in [-0.25, -0.2) is 4.79 Å². The molecule has 3 nitrogen and oxygen atoms in total. The van der Waals surface area contributed by atoms with Crippen molar-refractivity contribution in [2.75, 3.05) is 7.11 Å². The maximum absolute atomic E-state index is 11.2. The first-order valence-corrected chi connectivity index (χ1v) is 10.5. The quantitative estimate of drug-likeness (QED) is 0.620. The molecule has 3 heteroatoms. The summed E-state index contributed by atoms with van der Waals surface area (Å²) in [6, 6.07) is 16.1. The number of hydrogen-bond acceptors (Lipinski definition) is 2. The van der Waals surface area contributed by atoms with Crippen molar-refractivity contribution in [3.05, 3.63) is 119 Å². The van der Waals surface area contributed by atoms with E-state index >= 15 is 0 Å². The molecule has 4 rings (SSSR count). The maximum Gasteiger partial charge on any atom is 0.335 e. The van der Waals surface area contributed by atoms with Crippen molar-refractivity contribution in [3.63, 3.8) is 0 Å². The second kappa shape index (κ2) is 9.32.